The molecule has 0 radical (unpaired) electrons. The molecule has 3 heteroatoms. The van der Waals surface area contributed by atoms with Crippen LogP contribution in [0.5, 0.6) is 0 Å². The van der Waals surface area contributed by atoms with Crippen molar-refractivity contribution in [1.29, 1.82) is 0 Å². The lowest BCUT2D eigenvalue weighted by molar-refractivity contribution is 0.0775. The van der Waals surface area contributed by atoms with Crippen LogP contribution >= 0.6 is 11.3 Å². The van der Waals surface area contributed by atoms with E-state index in [1.165, 1.54) is 17.5 Å². The molecule has 0 bridgehead atoms. The van der Waals surface area contributed by atoms with Gasteiger partial charge in [0.1, 0.15) is 0 Å². The summed E-state index contributed by atoms with van der Waals surface area (Å²) < 4.78 is 0. The van der Waals surface area contributed by atoms with Crippen LogP contribution in [-0.4, -0.2) is 30.1 Å². The largest absolute Gasteiger partial charge is 0.311 e. The molecule has 108 valence electrons. The minimum Gasteiger partial charge on any atom is -0.311 e. The summed E-state index contributed by atoms with van der Waals surface area (Å²) in [5.74, 6) is 0. The van der Waals surface area contributed by atoms with Gasteiger partial charge in [0, 0.05) is 31.7 Å². The Hall–Kier alpha value is -0.380. The molecular formula is C16H28N2S. The molecule has 1 fully saturated rings. The lowest BCUT2D eigenvalue weighted by Crippen LogP contribution is -2.59. The predicted molar refractivity (Wildman–Crippen MR) is 84.8 cm³/mol. The van der Waals surface area contributed by atoms with E-state index in [0.29, 0.717) is 17.5 Å². The van der Waals surface area contributed by atoms with E-state index in [2.05, 4.69) is 55.6 Å². The van der Waals surface area contributed by atoms with Crippen LogP contribution in [0.15, 0.2) is 10.8 Å². The van der Waals surface area contributed by atoms with Gasteiger partial charge in [-0.05, 0) is 40.6 Å². The number of rotatable bonds is 3. The van der Waals surface area contributed by atoms with Crippen molar-refractivity contribution in [2.24, 2.45) is 5.41 Å². The Bertz CT molecular complexity index is 405. The summed E-state index contributed by atoms with van der Waals surface area (Å²) in [5.41, 5.74) is 3.30. The zero-order valence-corrected chi connectivity index (χ0v) is 13.8. The molecule has 0 spiro atoms. The minimum atomic E-state index is 0.334. The van der Waals surface area contributed by atoms with Crippen LogP contribution in [0.3, 0.4) is 0 Å². The normalized spacial score (nSPS) is 25.7. The number of aryl methyl sites for hydroxylation is 1. The summed E-state index contributed by atoms with van der Waals surface area (Å²) in [6.45, 7) is 15.0. The monoisotopic (exact) mass is 280 g/mol. The Morgan fingerprint density at radius 1 is 1.37 bits per heavy atom. The number of thiophene rings is 1. The highest BCUT2D eigenvalue weighted by Gasteiger charge is 2.33. The fraction of sp³-hybridized carbons (Fsp3) is 0.750. The van der Waals surface area contributed by atoms with Crippen molar-refractivity contribution in [2.45, 2.75) is 59.7 Å². The number of piperazine rings is 1. The van der Waals surface area contributed by atoms with Gasteiger partial charge in [-0.15, -0.1) is 0 Å². The Balaban J connectivity index is 2.08. The molecule has 1 aromatic rings. The Morgan fingerprint density at radius 3 is 2.63 bits per heavy atom. The van der Waals surface area contributed by atoms with Gasteiger partial charge in [0.05, 0.1) is 0 Å². The van der Waals surface area contributed by atoms with E-state index in [4.69, 9.17) is 0 Å². The molecule has 1 aliphatic heterocycles. The van der Waals surface area contributed by atoms with Crippen molar-refractivity contribution >= 4 is 11.3 Å². The van der Waals surface area contributed by atoms with Crippen LogP contribution in [0, 0.1) is 12.3 Å². The second-order valence-corrected chi connectivity index (χ2v) is 7.64. The van der Waals surface area contributed by atoms with E-state index in [0.717, 1.165) is 19.6 Å². The molecule has 0 amide bonds. The van der Waals surface area contributed by atoms with Crippen LogP contribution in [-0.2, 0) is 6.54 Å². The van der Waals surface area contributed by atoms with Gasteiger partial charge < -0.3 is 5.32 Å². The summed E-state index contributed by atoms with van der Waals surface area (Å²) in [5, 5.41) is 8.32. The minimum absolute atomic E-state index is 0.334. The number of nitrogens with one attached hydrogen (secondary N) is 1. The first-order valence-electron chi connectivity index (χ1n) is 7.41. The average molecular weight is 280 g/mol. The fourth-order valence-electron chi connectivity index (χ4n) is 2.80. The maximum Gasteiger partial charge on any atom is 0.0248 e. The summed E-state index contributed by atoms with van der Waals surface area (Å²) >= 11 is 1.83. The van der Waals surface area contributed by atoms with Gasteiger partial charge in [0.25, 0.3) is 0 Å². The molecular weight excluding hydrogens is 252 g/mol. The lowest BCUT2D eigenvalue weighted by Gasteiger charge is -2.45. The van der Waals surface area contributed by atoms with Crippen LogP contribution in [0.1, 0.15) is 45.2 Å². The molecule has 1 aliphatic rings. The van der Waals surface area contributed by atoms with Gasteiger partial charge in [-0.1, -0.05) is 27.7 Å². The third-order valence-electron chi connectivity index (χ3n) is 4.39. The Labute approximate surface area is 122 Å². The maximum absolute atomic E-state index is 3.75. The zero-order chi connectivity index (χ0) is 14.0. The second kappa shape index (κ2) is 5.94. The summed E-state index contributed by atoms with van der Waals surface area (Å²) in [4.78, 5) is 2.68. The zero-order valence-electron chi connectivity index (χ0n) is 13.0. The molecule has 0 aliphatic carbocycles. The van der Waals surface area contributed by atoms with Crippen LogP contribution in [0.2, 0.25) is 0 Å². The molecule has 0 aromatic carbocycles. The standard InChI is InChI=1S/C16H28N2S/c1-6-14-7-17-15(16(3,4)5)9-18(14)8-13-11-19-10-12(13)2/h10-11,14-15,17H,6-9H2,1-5H3. The smallest absolute Gasteiger partial charge is 0.0248 e. The molecule has 2 atom stereocenters. The highest BCUT2D eigenvalue weighted by atomic mass is 32.1. The average Bonchev–Trinajstić information content (AvgIpc) is 2.74. The van der Waals surface area contributed by atoms with E-state index in [9.17, 15) is 0 Å². The third-order valence-corrected chi connectivity index (χ3v) is 5.30. The van der Waals surface area contributed by atoms with Crippen LogP contribution in [0.25, 0.3) is 0 Å². The number of hydrogen-bond donors (Lipinski definition) is 1. The van der Waals surface area contributed by atoms with Crippen LogP contribution < -0.4 is 5.32 Å². The van der Waals surface area contributed by atoms with Gasteiger partial charge in [0.15, 0.2) is 0 Å². The van der Waals surface area contributed by atoms with E-state index in [1.807, 2.05) is 11.3 Å². The SMILES string of the molecule is CCC1CNC(C(C)(C)C)CN1Cc1cscc1C. The van der Waals surface area contributed by atoms with Gasteiger partial charge in [-0.25, -0.2) is 0 Å². The van der Waals surface area contributed by atoms with E-state index in [-0.39, 0.29) is 0 Å². The van der Waals surface area contributed by atoms with Crippen molar-refractivity contribution in [3.63, 3.8) is 0 Å². The summed E-state index contributed by atoms with van der Waals surface area (Å²) in [6.07, 6.45) is 1.23. The first kappa shape index (κ1) is 15.0. The molecule has 0 saturated carbocycles. The van der Waals surface area contributed by atoms with Crippen LogP contribution in [0.4, 0.5) is 0 Å². The Kier molecular flexibility index (Phi) is 4.70. The molecule has 19 heavy (non-hydrogen) atoms. The maximum atomic E-state index is 3.75. The van der Waals surface area contributed by atoms with Gasteiger partial charge in [0.2, 0.25) is 0 Å². The fourth-order valence-corrected chi connectivity index (χ4v) is 3.65. The number of nitrogens with zero attached hydrogens (tertiary/aromatic N) is 1. The summed E-state index contributed by atoms with van der Waals surface area (Å²) in [6, 6.07) is 1.27. The molecule has 2 heterocycles. The first-order valence-corrected chi connectivity index (χ1v) is 8.35. The highest BCUT2D eigenvalue weighted by Crippen LogP contribution is 2.26. The quantitative estimate of drug-likeness (QED) is 0.909. The molecule has 1 N–H and O–H groups in total. The second-order valence-electron chi connectivity index (χ2n) is 6.90. The number of hydrogen-bond acceptors (Lipinski definition) is 3. The van der Waals surface area contributed by atoms with Crippen molar-refractivity contribution in [1.82, 2.24) is 10.2 Å². The van der Waals surface area contributed by atoms with E-state index >= 15 is 0 Å². The van der Waals surface area contributed by atoms with Crippen molar-refractivity contribution in [3.8, 4) is 0 Å². The summed E-state index contributed by atoms with van der Waals surface area (Å²) in [7, 11) is 0. The van der Waals surface area contributed by atoms with Gasteiger partial charge in [-0.3, -0.25) is 4.90 Å². The first-order chi connectivity index (χ1) is 8.91. The topological polar surface area (TPSA) is 15.3 Å². The van der Waals surface area contributed by atoms with Crippen molar-refractivity contribution < 1.29 is 0 Å². The third kappa shape index (κ3) is 3.59. The molecule has 2 nitrogen and oxygen atoms in total. The lowest BCUT2D eigenvalue weighted by atomic mass is 9.84. The van der Waals surface area contributed by atoms with Crippen molar-refractivity contribution in [2.75, 3.05) is 13.1 Å². The molecule has 2 rings (SSSR count). The predicted octanol–water partition coefficient (Wildman–Crippen LogP) is 3.66. The van der Waals surface area contributed by atoms with Gasteiger partial charge >= 0.3 is 0 Å². The van der Waals surface area contributed by atoms with E-state index in [1.54, 1.807) is 0 Å². The highest BCUT2D eigenvalue weighted by molar-refractivity contribution is 7.08. The molecule has 2 unspecified atom stereocenters. The van der Waals surface area contributed by atoms with E-state index < -0.39 is 0 Å². The van der Waals surface area contributed by atoms with Gasteiger partial charge in [-0.2, -0.15) is 11.3 Å². The Morgan fingerprint density at radius 2 is 2.11 bits per heavy atom. The van der Waals surface area contributed by atoms with Crippen molar-refractivity contribution in [3.05, 3.63) is 21.9 Å². The molecule has 1 aromatic heterocycles. The molecule has 1 saturated heterocycles.